The average molecular weight is 429 g/mol. The predicted molar refractivity (Wildman–Crippen MR) is 115 cm³/mol. The summed E-state index contributed by atoms with van der Waals surface area (Å²) < 4.78 is 30.6. The summed E-state index contributed by atoms with van der Waals surface area (Å²) in [5.74, 6) is -1.74. The van der Waals surface area contributed by atoms with Gasteiger partial charge in [-0.15, -0.1) is 0 Å². The lowest BCUT2D eigenvalue weighted by Gasteiger charge is -2.23. The maximum Gasteiger partial charge on any atom is 0.252 e. The molecule has 2 aromatic heterocycles. The van der Waals surface area contributed by atoms with E-state index in [0.29, 0.717) is 29.1 Å². The Hall–Kier alpha value is -3.27. The standard InChI is InChI=1S/C21H25F2N7O/c1-3-30-17-7-12(22)6-16(14(17)9-26-30)27-20-13(19(25)31)8-15(23)21(29-20)28-18(10(2)24)11-4-5-11/h6-11,18H,3-5,24H2,1-2H3,(H2,25,31)(H2,27,28,29)/t10-,18-/m0/s1. The van der Waals surface area contributed by atoms with Gasteiger partial charge in [-0.25, -0.2) is 13.8 Å². The lowest BCUT2D eigenvalue weighted by Crippen LogP contribution is -2.40. The number of carbonyl (C=O) groups is 1. The number of pyridine rings is 1. The monoisotopic (exact) mass is 429 g/mol. The fourth-order valence-corrected chi connectivity index (χ4v) is 3.79. The van der Waals surface area contributed by atoms with Crippen LogP contribution in [0.3, 0.4) is 0 Å². The quantitative estimate of drug-likeness (QED) is 0.436. The van der Waals surface area contributed by atoms with Crippen LogP contribution in [0.25, 0.3) is 10.9 Å². The summed E-state index contributed by atoms with van der Waals surface area (Å²) in [6.07, 6.45) is 3.61. The van der Waals surface area contributed by atoms with Gasteiger partial charge in [0.1, 0.15) is 11.6 Å². The number of nitrogens with zero attached hydrogens (tertiary/aromatic N) is 3. The molecule has 3 aromatic rings. The van der Waals surface area contributed by atoms with Crippen LogP contribution >= 0.6 is 0 Å². The highest BCUT2D eigenvalue weighted by atomic mass is 19.1. The van der Waals surface area contributed by atoms with Crippen LogP contribution in [-0.4, -0.2) is 32.8 Å². The van der Waals surface area contributed by atoms with Gasteiger partial charge in [0.05, 0.1) is 23.0 Å². The number of nitrogens with two attached hydrogens (primary N) is 2. The third-order valence-electron chi connectivity index (χ3n) is 5.52. The highest BCUT2D eigenvalue weighted by Gasteiger charge is 2.34. The number of anilines is 3. The minimum atomic E-state index is -0.858. The number of halogens is 2. The Morgan fingerprint density at radius 2 is 2.03 bits per heavy atom. The number of rotatable bonds is 8. The number of aromatic nitrogens is 3. The van der Waals surface area contributed by atoms with Crippen LogP contribution < -0.4 is 22.1 Å². The van der Waals surface area contributed by atoms with E-state index < -0.39 is 17.5 Å². The molecule has 6 N–H and O–H groups in total. The first-order chi connectivity index (χ1) is 14.8. The van der Waals surface area contributed by atoms with E-state index >= 15 is 0 Å². The van der Waals surface area contributed by atoms with Crippen LogP contribution in [0.4, 0.5) is 26.1 Å². The van der Waals surface area contributed by atoms with Gasteiger partial charge in [0, 0.05) is 24.0 Å². The fourth-order valence-electron chi connectivity index (χ4n) is 3.79. The van der Waals surface area contributed by atoms with E-state index in [4.69, 9.17) is 11.5 Å². The molecule has 2 heterocycles. The Morgan fingerprint density at radius 1 is 1.29 bits per heavy atom. The van der Waals surface area contributed by atoms with E-state index in [1.165, 1.54) is 12.1 Å². The Morgan fingerprint density at radius 3 is 2.65 bits per heavy atom. The van der Waals surface area contributed by atoms with Gasteiger partial charge in [-0.05, 0) is 50.8 Å². The Bertz CT molecular complexity index is 1140. The lowest BCUT2D eigenvalue weighted by molar-refractivity contribution is 0.100. The van der Waals surface area contributed by atoms with Gasteiger partial charge in [0.2, 0.25) is 0 Å². The van der Waals surface area contributed by atoms with Gasteiger partial charge >= 0.3 is 0 Å². The second-order valence-electron chi connectivity index (χ2n) is 7.92. The molecule has 0 radical (unpaired) electrons. The molecule has 8 nitrogen and oxygen atoms in total. The van der Waals surface area contributed by atoms with Crippen molar-refractivity contribution in [2.45, 2.75) is 45.3 Å². The van der Waals surface area contributed by atoms with E-state index in [-0.39, 0.29) is 29.3 Å². The maximum absolute atomic E-state index is 14.7. The number of primary amides is 1. The van der Waals surface area contributed by atoms with Crippen molar-refractivity contribution < 1.29 is 13.6 Å². The predicted octanol–water partition coefficient (Wildman–Crippen LogP) is 3.11. The molecular weight excluding hydrogens is 404 g/mol. The first-order valence-corrected chi connectivity index (χ1v) is 10.2. The van der Waals surface area contributed by atoms with E-state index in [0.717, 1.165) is 18.9 Å². The Kier molecular flexibility index (Phi) is 5.48. The third kappa shape index (κ3) is 4.15. The van der Waals surface area contributed by atoms with Crippen molar-refractivity contribution in [3.05, 3.63) is 41.6 Å². The van der Waals surface area contributed by atoms with E-state index in [1.54, 1.807) is 10.9 Å². The number of nitrogens with one attached hydrogen (secondary N) is 2. The van der Waals surface area contributed by atoms with Gasteiger partial charge < -0.3 is 22.1 Å². The minimum Gasteiger partial charge on any atom is -0.365 e. The summed E-state index contributed by atoms with van der Waals surface area (Å²) in [5.41, 5.74) is 12.3. The molecule has 164 valence electrons. The molecule has 0 saturated heterocycles. The number of benzene rings is 1. The molecule has 0 spiro atoms. The minimum absolute atomic E-state index is 0.0202. The largest absolute Gasteiger partial charge is 0.365 e. The summed E-state index contributed by atoms with van der Waals surface area (Å²) in [6.45, 7) is 4.30. The molecular formula is C21H25F2N7O. The summed E-state index contributed by atoms with van der Waals surface area (Å²) in [5, 5.41) is 10.9. The van der Waals surface area contributed by atoms with E-state index in [9.17, 15) is 13.6 Å². The van der Waals surface area contributed by atoms with E-state index in [2.05, 4.69) is 20.7 Å². The molecule has 31 heavy (non-hydrogen) atoms. The van der Waals surface area contributed by atoms with E-state index in [1.807, 2.05) is 13.8 Å². The summed E-state index contributed by atoms with van der Waals surface area (Å²) >= 11 is 0. The van der Waals surface area contributed by atoms with Crippen LogP contribution in [0, 0.1) is 17.6 Å². The molecule has 0 bridgehead atoms. The maximum atomic E-state index is 14.7. The first kappa shape index (κ1) is 21.0. The van der Waals surface area contributed by atoms with Crippen molar-refractivity contribution in [2.24, 2.45) is 17.4 Å². The summed E-state index contributed by atoms with van der Waals surface area (Å²) in [4.78, 5) is 16.2. The molecule has 10 heteroatoms. The first-order valence-electron chi connectivity index (χ1n) is 10.2. The van der Waals surface area contributed by atoms with Gasteiger partial charge in [-0.2, -0.15) is 5.10 Å². The molecule has 1 fully saturated rings. The highest BCUT2D eigenvalue weighted by molar-refractivity contribution is 6.00. The Labute approximate surface area is 178 Å². The molecule has 1 aliphatic rings. The molecule has 4 rings (SSSR count). The molecule has 1 amide bonds. The lowest BCUT2D eigenvalue weighted by atomic mass is 10.1. The third-order valence-corrected chi connectivity index (χ3v) is 5.52. The van der Waals surface area contributed by atoms with Crippen molar-refractivity contribution >= 4 is 34.1 Å². The van der Waals surface area contributed by atoms with Crippen LogP contribution in [0.2, 0.25) is 0 Å². The molecule has 1 aliphatic carbocycles. The number of fused-ring (bicyclic) bond motifs is 1. The molecule has 2 atom stereocenters. The highest BCUT2D eigenvalue weighted by Crippen LogP contribution is 2.36. The Balaban J connectivity index is 1.76. The zero-order valence-electron chi connectivity index (χ0n) is 17.3. The number of aryl methyl sites for hydroxylation is 1. The van der Waals surface area contributed by atoms with Gasteiger partial charge in [0.25, 0.3) is 5.91 Å². The summed E-state index contributed by atoms with van der Waals surface area (Å²) in [6, 6.07) is 3.29. The molecule has 1 saturated carbocycles. The topological polar surface area (TPSA) is 124 Å². The van der Waals surface area contributed by atoms with Crippen molar-refractivity contribution in [1.82, 2.24) is 14.8 Å². The molecule has 0 unspecified atom stereocenters. The molecule has 0 aliphatic heterocycles. The normalized spacial score (nSPS) is 15.6. The SMILES string of the molecule is CCn1ncc2c(Nc3nc(N[C@H](C4CC4)[C@H](C)N)c(F)cc3C(N)=O)cc(F)cc21. The number of amides is 1. The van der Waals surface area contributed by atoms with Crippen molar-refractivity contribution in [1.29, 1.82) is 0 Å². The second-order valence-corrected chi connectivity index (χ2v) is 7.92. The summed E-state index contributed by atoms with van der Waals surface area (Å²) in [7, 11) is 0. The zero-order chi connectivity index (χ0) is 22.3. The van der Waals surface area contributed by atoms with Crippen LogP contribution in [0.15, 0.2) is 24.4 Å². The van der Waals surface area contributed by atoms with Crippen LogP contribution in [-0.2, 0) is 6.54 Å². The van der Waals surface area contributed by atoms with Gasteiger partial charge in [0.15, 0.2) is 11.6 Å². The number of carbonyl (C=O) groups excluding carboxylic acids is 1. The zero-order valence-corrected chi connectivity index (χ0v) is 17.3. The second kappa shape index (κ2) is 8.10. The number of hydrogen-bond acceptors (Lipinski definition) is 6. The van der Waals surface area contributed by atoms with Crippen molar-refractivity contribution in [3.8, 4) is 0 Å². The molecule has 1 aromatic carbocycles. The van der Waals surface area contributed by atoms with Crippen LogP contribution in [0.5, 0.6) is 0 Å². The smallest absolute Gasteiger partial charge is 0.252 e. The van der Waals surface area contributed by atoms with Gasteiger partial charge in [-0.3, -0.25) is 9.48 Å². The van der Waals surface area contributed by atoms with Gasteiger partial charge in [-0.1, -0.05) is 0 Å². The van der Waals surface area contributed by atoms with Crippen LogP contribution in [0.1, 0.15) is 37.0 Å². The average Bonchev–Trinajstić information content (AvgIpc) is 3.46. The van der Waals surface area contributed by atoms with Crippen molar-refractivity contribution in [2.75, 3.05) is 10.6 Å². The van der Waals surface area contributed by atoms with Crippen molar-refractivity contribution in [3.63, 3.8) is 0 Å². The number of hydrogen-bond donors (Lipinski definition) is 4. The fraction of sp³-hybridized carbons (Fsp3) is 0.381.